The zero-order valence-electron chi connectivity index (χ0n) is 15.4. The van der Waals surface area contributed by atoms with Crippen molar-refractivity contribution in [2.45, 2.75) is 32.1 Å². The molecule has 3 nitrogen and oxygen atoms in total. The van der Waals surface area contributed by atoms with Crippen molar-refractivity contribution < 1.29 is 4.79 Å². The van der Waals surface area contributed by atoms with Gasteiger partial charge in [-0.1, -0.05) is 36.4 Å². The molecule has 28 heavy (non-hydrogen) atoms. The lowest BCUT2D eigenvalue weighted by Gasteiger charge is -2.20. The van der Waals surface area contributed by atoms with Crippen molar-refractivity contribution in [2.75, 3.05) is 5.73 Å². The van der Waals surface area contributed by atoms with Crippen LogP contribution in [0.4, 0.5) is 5.69 Å². The van der Waals surface area contributed by atoms with E-state index in [1.54, 1.807) is 11.3 Å². The van der Waals surface area contributed by atoms with Gasteiger partial charge in [0.05, 0.1) is 11.4 Å². The highest BCUT2D eigenvalue weighted by Gasteiger charge is 2.25. The summed E-state index contributed by atoms with van der Waals surface area (Å²) < 4.78 is 0. The van der Waals surface area contributed by atoms with Crippen molar-refractivity contribution in [2.24, 2.45) is 0 Å². The largest absolute Gasteiger partial charge is 0.397 e. The molecule has 2 N–H and O–H groups in total. The lowest BCUT2D eigenvalue weighted by molar-refractivity contribution is 0.104. The second-order valence-electron chi connectivity index (χ2n) is 7.20. The Morgan fingerprint density at radius 3 is 2.57 bits per heavy atom. The molecule has 0 aliphatic heterocycles. The number of nitrogen functional groups attached to an aromatic ring is 1. The number of pyridine rings is 1. The van der Waals surface area contributed by atoms with Crippen LogP contribution in [0.3, 0.4) is 0 Å². The third-order valence-corrected chi connectivity index (χ3v) is 7.42. The molecule has 0 unspecified atom stereocenters. The van der Waals surface area contributed by atoms with Gasteiger partial charge in [-0.25, -0.2) is 4.98 Å². The highest BCUT2D eigenvalue weighted by atomic mass is 32.1. The van der Waals surface area contributed by atoms with E-state index in [9.17, 15) is 4.79 Å². The summed E-state index contributed by atoms with van der Waals surface area (Å²) in [6.07, 6.45) is 5.29. The molecular formula is C23H20N2OS2. The molecule has 4 aromatic rings. The van der Waals surface area contributed by atoms with E-state index in [2.05, 4.69) is 17.5 Å². The first-order chi connectivity index (χ1) is 13.7. The molecular weight excluding hydrogens is 384 g/mol. The number of ketones is 1. The quantitative estimate of drug-likeness (QED) is 0.448. The Kier molecular flexibility index (Phi) is 4.49. The Hall–Kier alpha value is -2.50. The van der Waals surface area contributed by atoms with Gasteiger partial charge in [-0.05, 0) is 48.3 Å². The van der Waals surface area contributed by atoms with Crippen LogP contribution in [0.15, 0.2) is 47.8 Å². The van der Waals surface area contributed by atoms with E-state index in [-0.39, 0.29) is 5.78 Å². The molecule has 0 bridgehead atoms. The van der Waals surface area contributed by atoms with Crippen LogP contribution in [0, 0.1) is 0 Å². The zero-order valence-corrected chi connectivity index (χ0v) is 17.0. The first kappa shape index (κ1) is 17.6. The van der Waals surface area contributed by atoms with E-state index in [0.29, 0.717) is 16.1 Å². The van der Waals surface area contributed by atoms with Crippen LogP contribution in [0.1, 0.15) is 49.8 Å². The molecule has 5 heteroatoms. The van der Waals surface area contributed by atoms with Crippen LogP contribution in [0.5, 0.6) is 0 Å². The summed E-state index contributed by atoms with van der Waals surface area (Å²) in [6, 6.07) is 13.6. The predicted octanol–water partition coefficient (Wildman–Crippen LogP) is 5.64. The summed E-state index contributed by atoms with van der Waals surface area (Å²) >= 11 is 3.21. The van der Waals surface area contributed by atoms with Crippen molar-refractivity contribution >= 4 is 44.4 Å². The number of nitrogens with zero attached hydrogens (tertiary/aromatic N) is 1. The van der Waals surface area contributed by atoms with Gasteiger partial charge in [-0.15, -0.1) is 22.7 Å². The number of anilines is 1. The molecule has 1 aliphatic carbocycles. The summed E-state index contributed by atoms with van der Waals surface area (Å²) in [5.74, 6) is -0.00883. The van der Waals surface area contributed by atoms with Gasteiger partial charge in [0.1, 0.15) is 9.71 Å². The molecule has 0 saturated heterocycles. The van der Waals surface area contributed by atoms with Gasteiger partial charge in [-0.2, -0.15) is 0 Å². The number of nitrogens with two attached hydrogens (primary N) is 1. The molecule has 5 rings (SSSR count). The Morgan fingerprint density at radius 2 is 1.82 bits per heavy atom. The molecule has 1 aliphatic rings. The van der Waals surface area contributed by atoms with Gasteiger partial charge in [0.2, 0.25) is 5.78 Å². The number of aryl methyl sites for hydroxylation is 1. The van der Waals surface area contributed by atoms with Gasteiger partial charge in [0.25, 0.3) is 0 Å². The second-order valence-corrected chi connectivity index (χ2v) is 9.23. The van der Waals surface area contributed by atoms with Gasteiger partial charge in [0.15, 0.2) is 0 Å². The SMILES string of the molecule is Nc1c(C(=O)c2ccccc2)sc2nc(Cc3cccs3)c3c(c12)CCCC3. The fraction of sp³-hybridized carbons (Fsp3) is 0.217. The summed E-state index contributed by atoms with van der Waals surface area (Å²) in [5.41, 5.74) is 11.7. The zero-order chi connectivity index (χ0) is 19.1. The Balaban J connectivity index is 1.68. The van der Waals surface area contributed by atoms with E-state index in [1.807, 2.05) is 30.3 Å². The maximum absolute atomic E-state index is 13.1. The average molecular weight is 405 g/mol. The lowest BCUT2D eigenvalue weighted by Crippen LogP contribution is -2.10. The van der Waals surface area contributed by atoms with Crippen LogP contribution >= 0.6 is 22.7 Å². The van der Waals surface area contributed by atoms with Crippen LogP contribution in [0.2, 0.25) is 0 Å². The maximum Gasteiger partial charge on any atom is 0.205 e. The van der Waals surface area contributed by atoms with E-state index in [1.165, 1.54) is 40.2 Å². The van der Waals surface area contributed by atoms with Crippen molar-refractivity contribution in [3.05, 3.63) is 80.0 Å². The van der Waals surface area contributed by atoms with Crippen molar-refractivity contribution in [1.29, 1.82) is 0 Å². The second kappa shape index (κ2) is 7.15. The number of rotatable bonds is 4. The van der Waals surface area contributed by atoms with Crippen LogP contribution in [-0.2, 0) is 19.3 Å². The topological polar surface area (TPSA) is 56.0 Å². The van der Waals surface area contributed by atoms with E-state index in [0.717, 1.165) is 35.2 Å². The molecule has 0 saturated carbocycles. The standard InChI is InChI=1S/C23H20N2OS2/c24-20-19-17-11-5-4-10-16(17)18(13-15-9-6-12-27-15)25-23(19)28-22(20)21(26)14-7-2-1-3-8-14/h1-3,6-9,12H,4-5,10-11,13,24H2. The molecule has 140 valence electrons. The summed E-state index contributed by atoms with van der Waals surface area (Å²) in [4.78, 5) is 20.9. The van der Waals surface area contributed by atoms with E-state index >= 15 is 0 Å². The van der Waals surface area contributed by atoms with Gasteiger partial charge >= 0.3 is 0 Å². The molecule has 0 spiro atoms. The average Bonchev–Trinajstić information content (AvgIpc) is 3.36. The van der Waals surface area contributed by atoms with Crippen LogP contribution in [0.25, 0.3) is 10.2 Å². The van der Waals surface area contributed by atoms with Crippen molar-refractivity contribution in [3.8, 4) is 0 Å². The Labute approximate surface area is 171 Å². The molecule has 0 amide bonds. The first-order valence-corrected chi connectivity index (χ1v) is 11.3. The molecule has 0 atom stereocenters. The third kappa shape index (κ3) is 2.95. The molecule has 3 aromatic heterocycles. The highest BCUT2D eigenvalue weighted by Crippen LogP contribution is 2.41. The minimum Gasteiger partial charge on any atom is -0.397 e. The number of carbonyl (C=O) groups is 1. The fourth-order valence-corrected chi connectivity index (χ4v) is 5.92. The van der Waals surface area contributed by atoms with Crippen molar-refractivity contribution in [3.63, 3.8) is 0 Å². The van der Waals surface area contributed by atoms with Crippen LogP contribution in [-0.4, -0.2) is 10.8 Å². The third-order valence-electron chi connectivity index (χ3n) is 5.45. The number of benzene rings is 1. The van der Waals surface area contributed by atoms with Crippen molar-refractivity contribution in [1.82, 2.24) is 4.98 Å². The minimum atomic E-state index is -0.00883. The normalized spacial score (nSPS) is 13.6. The van der Waals surface area contributed by atoms with Gasteiger partial charge < -0.3 is 5.73 Å². The van der Waals surface area contributed by atoms with Crippen LogP contribution < -0.4 is 5.73 Å². The number of aromatic nitrogens is 1. The number of carbonyl (C=O) groups excluding carboxylic acids is 1. The van der Waals surface area contributed by atoms with Gasteiger partial charge in [0, 0.05) is 22.2 Å². The van der Waals surface area contributed by atoms with E-state index in [4.69, 9.17) is 10.7 Å². The number of thiophene rings is 2. The molecule has 3 heterocycles. The smallest absolute Gasteiger partial charge is 0.205 e. The molecule has 1 aromatic carbocycles. The molecule has 0 radical (unpaired) electrons. The number of hydrogen-bond acceptors (Lipinski definition) is 5. The van der Waals surface area contributed by atoms with Gasteiger partial charge in [-0.3, -0.25) is 4.79 Å². The monoisotopic (exact) mass is 404 g/mol. The number of hydrogen-bond donors (Lipinski definition) is 1. The lowest BCUT2D eigenvalue weighted by atomic mass is 9.87. The Morgan fingerprint density at radius 1 is 1.04 bits per heavy atom. The highest BCUT2D eigenvalue weighted by molar-refractivity contribution is 7.21. The molecule has 0 fully saturated rings. The predicted molar refractivity (Wildman–Crippen MR) is 118 cm³/mol. The summed E-state index contributed by atoms with van der Waals surface area (Å²) in [6.45, 7) is 0. The maximum atomic E-state index is 13.1. The van der Waals surface area contributed by atoms with E-state index < -0.39 is 0 Å². The summed E-state index contributed by atoms with van der Waals surface area (Å²) in [7, 11) is 0. The summed E-state index contributed by atoms with van der Waals surface area (Å²) in [5, 5.41) is 3.13. The Bertz CT molecular complexity index is 1160. The first-order valence-electron chi connectivity index (χ1n) is 9.57. The number of fused-ring (bicyclic) bond motifs is 3. The minimum absolute atomic E-state index is 0.00883. The fourth-order valence-electron chi connectivity index (χ4n) is 4.11.